The van der Waals surface area contributed by atoms with Gasteiger partial charge in [0.1, 0.15) is 0 Å². The number of piperidine rings is 1. The molecule has 1 aliphatic rings. The standard InChI is InChI=1S/C14H21BrN2OS/c1-10-8-12(19-13(10)15)14(18)16-9-11(2)17-6-4-3-5-7-17/h8,11H,3-7,9H2,1-2H3,(H,16,18). The summed E-state index contributed by atoms with van der Waals surface area (Å²) < 4.78 is 1.04. The number of carbonyl (C=O) groups excluding carboxylic acids is 1. The van der Waals surface area contributed by atoms with Gasteiger partial charge in [-0.2, -0.15) is 0 Å². The number of amides is 1. The Bertz CT molecular complexity index is 421. The molecule has 0 bridgehead atoms. The molecule has 0 aliphatic carbocycles. The molecule has 0 radical (unpaired) electrons. The Morgan fingerprint density at radius 2 is 2.16 bits per heavy atom. The molecule has 3 nitrogen and oxygen atoms in total. The van der Waals surface area contributed by atoms with Crippen LogP contribution in [0.5, 0.6) is 0 Å². The lowest BCUT2D eigenvalue weighted by Crippen LogP contribution is -2.44. The van der Waals surface area contributed by atoms with E-state index < -0.39 is 0 Å². The maximum absolute atomic E-state index is 12.1. The Hall–Kier alpha value is -0.390. The zero-order valence-corrected chi connectivity index (χ0v) is 13.9. The van der Waals surface area contributed by atoms with Crippen molar-refractivity contribution in [2.75, 3.05) is 19.6 Å². The van der Waals surface area contributed by atoms with Crippen molar-refractivity contribution in [2.45, 2.75) is 39.2 Å². The minimum absolute atomic E-state index is 0.0441. The van der Waals surface area contributed by atoms with Crippen LogP contribution in [0, 0.1) is 6.92 Å². The summed E-state index contributed by atoms with van der Waals surface area (Å²) in [7, 11) is 0. The molecule has 1 aromatic heterocycles. The number of nitrogens with zero attached hydrogens (tertiary/aromatic N) is 1. The molecule has 0 saturated carbocycles. The van der Waals surface area contributed by atoms with Gasteiger partial charge in [-0.25, -0.2) is 0 Å². The van der Waals surface area contributed by atoms with E-state index in [1.165, 1.54) is 43.7 Å². The lowest BCUT2D eigenvalue weighted by Gasteiger charge is -2.32. The number of halogens is 1. The first kappa shape index (κ1) is 15.0. The molecule has 106 valence electrons. The highest BCUT2D eigenvalue weighted by Crippen LogP contribution is 2.27. The maximum atomic E-state index is 12.1. The van der Waals surface area contributed by atoms with Crippen molar-refractivity contribution in [3.63, 3.8) is 0 Å². The largest absolute Gasteiger partial charge is 0.350 e. The molecule has 1 amide bonds. The van der Waals surface area contributed by atoms with Crippen molar-refractivity contribution in [3.05, 3.63) is 20.3 Å². The van der Waals surface area contributed by atoms with E-state index >= 15 is 0 Å². The minimum atomic E-state index is 0.0441. The summed E-state index contributed by atoms with van der Waals surface area (Å²) >= 11 is 4.96. The highest BCUT2D eigenvalue weighted by atomic mass is 79.9. The zero-order chi connectivity index (χ0) is 13.8. The summed E-state index contributed by atoms with van der Waals surface area (Å²) in [6.45, 7) is 7.27. The fraction of sp³-hybridized carbons (Fsp3) is 0.643. The molecular formula is C14H21BrN2OS. The van der Waals surface area contributed by atoms with Gasteiger partial charge in [-0.3, -0.25) is 9.69 Å². The summed E-state index contributed by atoms with van der Waals surface area (Å²) in [6, 6.07) is 2.36. The van der Waals surface area contributed by atoms with Gasteiger partial charge in [-0.1, -0.05) is 6.42 Å². The zero-order valence-electron chi connectivity index (χ0n) is 11.5. The number of hydrogen-bond donors (Lipinski definition) is 1. The van der Waals surface area contributed by atoms with Crippen molar-refractivity contribution in [2.24, 2.45) is 0 Å². The Morgan fingerprint density at radius 3 is 2.74 bits per heavy atom. The average molecular weight is 345 g/mol. The SMILES string of the molecule is Cc1cc(C(=O)NCC(C)N2CCCCC2)sc1Br. The molecular weight excluding hydrogens is 324 g/mol. The van der Waals surface area contributed by atoms with Crippen LogP contribution in [0.2, 0.25) is 0 Å². The van der Waals surface area contributed by atoms with Crippen LogP contribution < -0.4 is 5.32 Å². The number of rotatable bonds is 4. The minimum Gasteiger partial charge on any atom is -0.350 e. The first-order valence-corrected chi connectivity index (χ1v) is 8.47. The van der Waals surface area contributed by atoms with Gasteiger partial charge < -0.3 is 5.32 Å². The molecule has 1 N–H and O–H groups in total. The molecule has 1 atom stereocenters. The van der Waals surface area contributed by atoms with Gasteiger partial charge in [0.25, 0.3) is 5.91 Å². The first-order chi connectivity index (χ1) is 9.08. The van der Waals surface area contributed by atoms with Gasteiger partial charge in [0.2, 0.25) is 0 Å². The number of carbonyl (C=O) groups is 1. The molecule has 1 fully saturated rings. The fourth-order valence-electron chi connectivity index (χ4n) is 2.39. The second kappa shape index (κ2) is 6.86. The van der Waals surface area contributed by atoms with Gasteiger partial charge in [-0.05, 0) is 67.3 Å². The van der Waals surface area contributed by atoms with Crippen LogP contribution in [0.4, 0.5) is 0 Å². The molecule has 1 unspecified atom stereocenters. The highest BCUT2D eigenvalue weighted by Gasteiger charge is 2.18. The Labute approximate surface area is 127 Å². The molecule has 1 saturated heterocycles. The lowest BCUT2D eigenvalue weighted by molar-refractivity contribution is 0.0934. The summed E-state index contributed by atoms with van der Waals surface area (Å²) in [5.41, 5.74) is 1.12. The van der Waals surface area contributed by atoms with Crippen LogP contribution in [0.3, 0.4) is 0 Å². The van der Waals surface area contributed by atoms with Crippen LogP contribution in [0.25, 0.3) is 0 Å². The molecule has 2 heterocycles. The highest BCUT2D eigenvalue weighted by molar-refractivity contribution is 9.11. The van der Waals surface area contributed by atoms with E-state index in [0.29, 0.717) is 6.04 Å². The number of aryl methyl sites for hydroxylation is 1. The predicted molar refractivity (Wildman–Crippen MR) is 84.0 cm³/mol. The van der Waals surface area contributed by atoms with Crippen molar-refractivity contribution < 1.29 is 4.79 Å². The molecule has 2 rings (SSSR count). The van der Waals surface area contributed by atoms with Crippen LogP contribution in [-0.4, -0.2) is 36.5 Å². The number of nitrogens with one attached hydrogen (secondary N) is 1. The third-order valence-electron chi connectivity index (χ3n) is 3.65. The van der Waals surface area contributed by atoms with Gasteiger partial charge in [0.15, 0.2) is 0 Å². The number of thiophene rings is 1. The lowest BCUT2D eigenvalue weighted by atomic mass is 10.1. The summed E-state index contributed by atoms with van der Waals surface area (Å²) in [5, 5.41) is 3.05. The van der Waals surface area contributed by atoms with Crippen molar-refractivity contribution in [1.82, 2.24) is 10.2 Å². The van der Waals surface area contributed by atoms with Crippen LogP contribution in [0.15, 0.2) is 9.85 Å². The van der Waals surface area contributed by atoms with Gasteiger partial charge in [0.05, 0.1) is 8.66 Å². The second-order valence-electron chi connectivity index (χ2n) is 5.22. The van der Waals surface area contributed by atoms with E-state index in [2.05, 4.69) is 33.1 Å². The van der Waals surface area contributed by atoms with Crippen LogP contribution in [-0.2, 0) is 0 Å². The smallest absolute Gasteiger partial charge is 0.261 e. The van der Waals surface area contributed by atoms with E-state index in [1.807, 2.05) is 13.0 Å². The van der Waals surface area contributed by atoms with Gasteiger partial charge in [-0.15, -0.1) is 11.3 Å². The number of likely N-dealkylation sites (tertiary alicyclic amines) is 1. The Morgan fingerprint density at radius 1 is 1.47 bits per heavy atom. The summed E-state index contributed by atoms with van der Waals surface area (Å²) in [5.74, 6) is 0.0441. The monoisotopic (exact) mass is 344 g/mol. The number of hydrogen-bond acceptors (Lipinski definition) is 3. The second-order valence-corrected chi connectivity index (χ2v) is 7.59. The van der Waals surface area contributed by atoms with Crippen molar-refractivity contribution in [3.8, 4) is 0 Å². The van der Waals surface area contributed by atoms with Crippen molar-refractivity contribution >= 4 is 33.2 Å². The third kappa shape index (κ3) is 4.04. The van der Waals surface area contributed by atoms with Gasteiger partial charge in [0, 0.05) is 12.6 Å². The molecule has 1 aromatic rings. The van der Waals surface area contributed by atoms with E-state index in [9.17, 15) is 4.79 Å². The quantitative estimate of drug-likeness (QED) is 0.907. The Balaban J connectivity index is 1.82. The molecule has 1 aliphatic heterocycles. The third-order valence-corrected chi connectivity index (χ3v) is 5.79. The molecule has 0 aromatic carbocycles. The van der Waals surface area contributed by atoms with E-state index in [4.69, 9.17) is 0 Å². The van der Waals surface area contributed by atoms with E-state index in [1.54, 1.807) is 0 Å². The fourth-order valence-corrected chi connectivity index (χ4v) is 3.84. The molecule has 5 heteroatoms. The maximum Gasteiger partial charge on any atom is 0.261 e. The van der Waals surface area contributed by atoms with Crippen molar-refractivity contribution in [1.29, 1.82) is 0 Å². The van der Waals surface area contributed by atoms with Crippen LogP contribution >= 0.6 is 27.3 Å². The normalized spacial score (nSPS) is 18.3. The molecule has 0 spiro atoms. The Kier molecular flexibility index (Phi) is 5.42. The van der Waals surface area contributed by atoms with E-state index in [0.717, 1.165) is 20.8 Å². The van der Waals surface area contributed by atoms with E-state index in [-0.39, 0.29) is 5.91 Å². The predicted octanol–water partition coefficient (Wildman–Crippen LogP) is 3.42. The summed E-state index contributed by atoms with van der Waals surface area (Å²) in [6.07, 6.45) is 3.92. The summed E-state index contributed by atoms with van der Waals surface area (Å²) in [4.78, 5) is 15.3. The average Bonchev–Trinajstić information content (AvgIpc) is 2.77. The first-order valence-electron chi connectivity index (χ1n) is 6.86. The van der Waals surface area contributed by atoms with Gasteiger partial charge >= 0.3 is 0 Å². The van der Waals surface area contributed by atoms with Crippen LogP contribution in [0.1, 0.15) is 41.4 Å². The molecule has 19 heavy (non-hydrogen) atoms. The topological polar surface area (TPSA) is 32.3 Å².